The first-order valence-corrected chi connectivity index (χ1v) is 6.09. The van der Waals surface area contributed by atoms with Crippen LogP contribution in [0.2, 0.25) is 0 Å². The van der Waals surface area contributed by atoms with E-state index in [0.29, 0.717) is 11.6 Å². The van der Waals surface area contributed by atoms with Crippen LogP contribution in [-0.2, 0) is 6.54 Å². The van der Waals surface area contributed by atoms with E-state index in [1.807, 2.05) is 12.1 Å². The number of piperidine rings is 1. The van der Waals surface area contributed by atoms with E-state index in [2.05, 4.69) is 16.0 Å². The summed E-state index contributed by atoms with van der Waals surface area (Å²) < 4.78 is 0. The van der Waals surface area contributed by atoms with Gasteiger partial charge in [0, 0.05) is 19.3 Å². The van der Waals surface area contributed by atoms with Crippen molar-refractivity contribution in [1.82, 2.24) is 9.88 Å². The molecule has 1 aliphatic heterocycles. The SMILES string of the molecule is N#Cc1cc(CN2CCCC(CN)C2)ccn1. The molecule has 4 nitrogen and oxygen atoms in total. The molecule has 1 aromatic heterocycles. The van der Waals surface area contributed by atoms with Gasteiger partial charge in [-0.15, -0.1) is 0 Å². The predicted octanol–water partition coefficient (Wildman–Crippen LogP) is 1.12. The van der Waals surface area contributed by atoms with E-state index in [1.165, 1.54) is 12.8 Å². The second kappa shape index (κ2) is 5.76. The van der Waals surface area contributed by atoms with Crippen molar-refractivity contribution in [3.05, 3.63) is 29.6 Å². The second-order valence-corrected chi connectivity index (χ2v) is 4.64. The largest absolute Gasteiger partial charge is 0.330 e. The van der Waals surface area contributed by atoms with Crippen molar-refractivity contribution in [2.24, 2.45) is 11.7 Å². The molecule has 1 aromatic rings. The summed E-state index contributed by atoms with van der Waals surface area (Å²) in [5.74, 6) is 0.626. The monoisotopic (exact) mass is 230 g/mol. The molecule has 1 saturated heterocycles. The van der Waals surface area contributed by atoms with Crippen LogP contribution in [0.4, 0.5) is 0 Å². The quantitative estimate of drug-likeness (QED) is 0.845. The highest BCUT2D eigenvalue weighted by molar-refractivity contribution is 5.25. The van der Waals surface area contributed by atoms with Crippen LogP contribution in [0.25, 0.3) is 0 Å². The van der Waals surface area contributed by atoms with Crippen molar-refractivity contribution in [1.29, 1.82) is 5.26 Å². The summed E-state index contributed by atoms with van der Waals surface area (Å²) in [6.07, 6.45) is 4.17. The maximum atomic E-state index is 8.81. The molecule has 0 saturated carbocycles. The Balaban J connectivity index is 1.98. The molecule has 17 heavy (non-hydrogen) atoms. The number of hydrogen-bond acceptors (Lipinski definition) is 4. The molecule has 2 rings (SSSR count). The van der Waals surface area contributed by atoms with Crippen molar-refractivity contribution in [2.75, 3.05) is 19.6 Å². The van der Waals surface area contributed by atoms with Crippen LogP contribution < -0.4 is 5.73 Å². The van der Waals surface area contributed by atoms with Gasteiger partial charge in [-0.05, 0) is 49.5 Å². The Morgan fingerprint density at radius 1 is 1.59 bits per heavy atom. The van der Waals surface area contributed by atoms with Crippen LogP contribution in [-0.4, -0.2) is 29.5 Å². The van der Waals surface area contributed by atoms with Crippen molar-refractivity contribution >= 4 is 0 Å². The van der Waals surface area contributed by atoms with Crippen LogP contribution in [0.3, 0.4) is 0 Å². The zero-order chi connectivity index (χ0) is 12.1. The summed E-state index contributed by atoms with van der Waals surface area (Å²) in [6, 6.07) is 5.92. The van der Waals surface area contributed by atoms with Gasteiger partial charge in [-0.3, -0.25) is 4.90 Å². The lowest BCUT2D eigenvalue weighted by Gasteiger charge is -2.32. The molecule has 2 heterocycles. The third kappa shape index (κ3) is 3.26. The molecule has 0 radical (unpaired) electrons. The van der Waals surface area contributed by atoms with Gasteiger partial charge in [0.2, 0.25) is 0 Å². The molecule has 1 aliphatic rings. The van der Waals surface area contributed by atoms with E-state index < -0.39 is 0 Å². The summed E-state index contributed by atoms with van der Waals surface area (Å²) in [5, 5.41) is 8.81. The minimum Gasteiger partial charge on any atom is -0.330 e. The molecule has 2 N–H and O–H groups in total. The van der Waals surface area contributed by atoms with Crippen LogP contribution in [0.1, 0.15) is 24.1 Å². The van der Waals surface area contributed by atoms with E-state index in [1.54, 1.807) is 6.20 Å². The van der Waals surface area contributed by atoms with Gasteiger partial charge >= 0.3 is 0 Å². The first-order valence-electron chi connectivity index (χ1n) is 6.09. The number of nitrogens with two attached hydrogens (primary N) is 1. The average molecular weight is 230 g/mol. The number of rotatable bonds is 3. The third-order valence-electron chi connectivity index (χ3n) is 3.28. The molecular weight excluding hydrogens is 212 g/mol. The van der Waals surface area contributed by atoms with Gasteiger partial charge in [0.1, 0.15) is 11.8 Å². The van der Waals surface area contributed by atoms with Gasteiger partial charge in [0.25, 0.3) is 0 Å². The first kappa shape index (κ1) is 12.0. The highest BCUT2D eigenvalue weighted by atomic mass is 15.1. The summed E-state index contributed by atoms with van der Waals surface area (Å²) in [7, 11) is 0. The zero-order valence-corrected chi connectivity index (χ0v) is 9.97. The highest BCUT2D eigenvalue weighted by Crippen LogP contribution is 2.17. The van der Waals surface area contributed by atoms with Crippen molar-refractivity contribution < 1.29 is 0 Å². The van der Waals surface area contributed by atoms with Crippen LogP contribution in [0.15, 0.2) is 18.3 Å². The van der Waals surface area contributed by atoms with E-state index in [-0.39, 0.29) is 0 Å². The Hall–Kier alpha value is -1.44. The number of likely N-dealkylation sites (tertiary alicyclic amines) is 1. The number of aromatic nitrogens is 1. The molecule has 1 unspecified atom stereocenters. The van der Waals surface area contributed by atoms with E-state index in [4.69, 9.17) is 11.0 Å². The standard InChI is InChI=1S/C13H18N4/c14-7-12-2-1-5-17(10-12)9-11-3-4-16-13(6-11)8-15/h3-4,6,12H,1-2,5,7,9-10,14H2. The van der Waals surface area contributed by atoms with Gasteiger partial charge in [0.15, 0.2) is 0 Å². The molecule has 0 spiro atoms. The normalized spacial score (nSPS) is 21.1. The summed E-state index contributed by atoms with van der Waals surface area (Å²) in [6.45, 7) is 3.87. The Morgan fingerprint density at radius 2 is 2.47 bits per heavy atom. The summed E-state index contributed by atoms with van der Waals surface area (Å²) in [4.78, 5) is 6.40. The Kier molecular flexibility index (Phi) is 4.08. The van der Waals surface area contributed by atoms with Crippen molar-refractivity contribution in [3.63, 3.8) is 0 Å². The average Bonchev–Trinajstić information content (AvgIpc) is 2.39. The minimum atomic E-state index is 0.495. The smallest absolute Gasteiger partial charge is 0.140 e. The van der Waals surface area contributed by atoms with Gasteiger partial charge < -0.3 is 5.73 Å². The highest BCUT2D eigenvalue weighted by Gasteiger charge is 2.18. The lowest BCUT2D eigenvalue weighted by atomic mass is 9.98. The number of nitrogens with zero attached hydrogens (tertiary/aromatic N) is 3. The molecule has 0 bridgehead atoms. The fourth-order valence-corrected chi connectivity index (χ4v) is 2.38. The number of pyridine rings is 1. The molecule has 0 aliphatic carbocycles. The summed E-state index contributed by atoms with van der Waals surface area (Å²) in [5.41, 5.74) is 7.38. The Bertz CT molecular complexity index is 410. The third-order valence-corrected chi connectivity index (χ3v) is 3.28. The Morgan fingerprint density at radius 3 is 3.24 bits per heavy atom. The van der Waals surface area contributed by atoms with Gasteiger partial charge in [0.05, 0.1) is 0 Å². The van der Waals surface area contributed by atoms with Gasteiger partial charge in [-0.2, -0.15) is 5.26 Å². The van der Waals surface area contributed by atoms with E-state index >= 15 is 0 Å². The molecule has 0 aromatic carbocycles. The van der Waals surface area contributed by atoms with Crippen LogP contribution >= 0.6 is 0 Å². The van der Waals surface area contributed by atoms with Gasteiger partial charge in [-0.1, -0.05) is 0 Å². The van der Waals surface area contributed by atoms with E-state index in [9.17, 15) is 0 Å². The maximum Gasteiger partial charge on any atom is 0.140 e. The van der Waals surface area contributed by atoms with Gasteiger partial charge in [-0.25, -0.2) is 4.98 Å². The van der Waals surface area contributed by atoms with E-state index in [0.717, 1.165) is 31.7 Å². The van der Waals surface area contributed by atoms with Crippen LogP contribution in [0, 0.1) is 17.2 Å². The van der Waals surface area contributed by atoms with Crippen molar-refractivity contribution in [3.8, 4) is 6.07 Å². The lowest BCUT2D eigenvalue weighted by Crippen LogP contribution is -2.37. The Labute approximate surface area is 102 Å². The summed E-state index contributed by atoms with van der Waals surface area (Å²) >= 11 is 0. The molecule has 1 fully saturated rings. The molecular formula is C13H18N4. The minimum absolute atomic E-state index is 0.495. The molecule has 1 atom stereocenters. The molecule has 0 amide bonds. The topological polar surface area (TPSA) is 65.9 Å². The fraction of sp³-hybridized carbons (Fsp3) is 0.538. The number of nitriles is 1. The maximum absolute atomic E-state index is 8.81. The molecule has 4 heteroatoms. The van der Waals surface area contributed by atoms with Crippen molar-refractivity contribution in [2.45, 2.75) is 19.4 Å². The predicted molar refractivity (Wildman–Crippen MR) is 66.0 cm³/mol. The lowest BCUT2D eigenvalue weighted by molar-refractivity contribution is 0.171. The first-order chi connectivity index (χ1) is 8.31. The molecule has 90 valence electrons. The second-order valence-electron chi connectivity index (χ2n) is 4.64. The zero-order valence-electron chi connectivity index (χ0n) is 9.97. The fourth-order valence-electron chi connectivity index (χ4n) is 2.38. The van der Waals surface area contributed by atoms with Crippen LogP contribution in [0.5, 0.6) is 0 Å². The number of hydrogen-bond donors (Lipinski definition) is 1.